The third-order valence-corrected chi connectivity index (χ3v) is 8.27. The average Bonchev–Trinajstić information content (AvgIpc) is 3.27. The van der Waals surface area contributed by atoms with Gasteiger partial charge in [0.15, 0.2) is 21.3 Å². The average molecular weight is 490 g/mol. The summed E-state index contributed by atoms with van der Waals surface area (Å²) in [6, 6.07) is 6.21. The van der Waals surface area contributed by atoms with Crippen LogP contribution in [0.2, 0.25) is 5.02 Å². The molecule has 0 amide bonds. The van der Waals surface area contributed by atoms with Crippen LogP contribution >= 0.6 is 11.6 Å². The van der Waals surface area contributed by atoms with Crippen molar-refractivity contribution < 1.29 is 8.42 Å². The Morgan fingerprint density at radius 2 is 1.91 bits per heavy atom. The van der Waals surface area contributed by atoms with Crippen LogP contribution in [-0.2, 0) is 16.4 Å². The van der Waals surface area contributed by atoms with Crippen LogP contribution in [0.15, 0.2) is 24.5 Å². The smallest absolute Gasteiger partial charge is 0.231 e. The largest absolute Gasteiger partial charge is 0.365 e. The van der Waals surface area contributed by atoms with Gasteiger partial charge in [0.25, 0.3) is 0 Å². The lowest BCUT2D eigenvalue weighted by molar-refractivity contribution is 0.287. The Morgan fingerprint density at radius 1 is 1.12 bits per heavy atom. The molecule has 33 heavy (non-hydrogen) atoms. The number of aromatic amines is 1. The highest BCUT2D eigenvalue weighted by molar-refractivity contribution is 7.91. The van der Waals surface area contributed by atoms with E-state index in [1.165, 1.54) is 19.3 Å². The fourth-order valence-electron chi connectivity index (χ4n) is 4.48. The number of nitrogens with one attached hydrogen (secondary N) is 3. The van der Waals surface area contributed by atoms with Crippen LogP contribution in [0, 0.1) is 0 Å². The maximum Gasteiger partial charge on any atom is 0.231 e. The number of hydrogen-bond acceptors (Lipinski definition) is 8. The van der Waals surface area contributed by atoms with E-state index in [4.69, 9.17) is 16.6 Å². The van der Waals surface area contributed by atoms with Crippen LogP contribution in [0.25, 0.3) is 11.2 Å². The molecule has 0 unspecified atom stereocenters. The second-order valence-corrected chi connectivity index (χ2v) is 11.6. The zero-order chi connectivity index (χ0) is 22.8. The molecule has 1 aliphatic carbocycles. The lowest BCUT2D eigenvalue weighted by atomic mass is 9.95. The number of H-pyrrole nitrogens is 1. The monoisotopic (exact) mass is 489 g/mol. The van der Waals surface area contributed by atoms with E-state index in [0.29, 0.717) is 48.0 Å². The molecule has 3 aromatic rings. The molecule has 2 aromatic heterocycles. The maximum absolute atomic E-state index is 11.6. The van der Waals surface area contributed by atoms with E-state index in [0.717, 1.165) is 29.7 Å². The van der Waals surface area contributed by atoms with Crippen LogP contribution in [0.5, 0.6) is 0 Å². The Bertz CT molecular complexity index is 1230. The number of fused-ring (bicyclic) bond motifs is 1. The molecule has 2 aliphatic rings. The van der Waals surface area contributed by atoms with E-state index in [9.17, 15) is 8.42 Å². The number of sulfone groups is 1. The molecule has 1 aliphatic heterocycles. The second kappa shape index (κ2) is 9.44. The number of rotatable bonds is 6. The number of aromatic nitrogens is 4. The first-order valence-electron chi connectivity index (χ1n) is 11.4. The SMILES string of the molecule is O=S1(=O)CCN(Cc2ccc(Nc3nc(NC4CCCCC4)c4nc[nH]c4n3)c(Cl)c2)CC1. The molecule has 5 rings (SSSR count). The lowest BCUT2D eigenvalue weighted by Crippen LogP contribution is -2.39. The van der Waals surface area contributed by atoms with Crippen LogP contribution in [0.4, 0.5) is 17.5 Å². The number of imidazole rings is 1. The summed E-state index contributed by atoms with van der Waals surface area (Å²) in [5.74, 6) is 1.60. The zero-order valence-electron chi connectivity index (χ0n) is 18.3. The third-order valence-electron chi connectivity index (χ3n) is 6.35. The van der Waals surface area contributed by atoms with Crippen molar-refractivity contribution in [1.82, 2.24) is 24.8 Å². The van der Waals surface area contributed by atoms with Gasteiger partial charge >= 0.3 is 0 Å². The predicted molar refractivity (Wildman–Crippen MR) is 131 cm³/mol. The number of hydrogen-bond donors (Lipinski definition) is 3. The Hall–Kier alpha value is -2.43. The fraction of sp³-hybridized carbons (Fsp3) is 0.500. The number of nitrogens with zero attached hydrogens (tertiary/aromatic N) is 4. The minimum atomic E-state index is -2.89. The van der Waals surface area contributed by atoms with Gasteiger partial charge in [-0.15, -0.1) is 0 Å². The van der Waals surface area contributed by atoms with E-state index in [2.05, 4.69) is 30.5 Å². The van der Waals surface area contributed by atoms with E-state index >= 15 is 0 Å². The molecule has 2 fully saturated rings. The van der Waals surface area contributed by atoms with Crippen molar-refractivity contribution in [3.8, 4) is 0 Å². The van der Waals surface area contributed by atoms with Gasteiger partial charge < -0.3 is 15.6 Å². The zero-order valence-corrected chi connectivity index (χ0v) is 19.9. The molecule has 0 bridgehead atoms. The van der Waals surface area contributed by atoms with Gasteiger partial charge in [-0.3, -0.25) is 4.90 Å². The Morgan fingerprint density at radius 3 is 2.67 bits per heavy atom. The van der Waals surface area contributed by atoms with Gasteiger partial charge in [-0.2, -0.15) is 9.97 Å². The summed E-state index contributed by atoms with van der Waals surface area (Å²) in [5, 5.41) is 7.36. The first-order valence-corrected chi connectivity index (χ1v) is 13.6. The summed E-state index contributed by atoms with van der Waals surface area (Å²) >= 11 is 6.57. The summed E-state index contributed by atoms with van der Waals surface area (Å²) < 4.78 is 23.3. The number of benzene rings is 1. The molecule has 3 N–H and O–H groups in total. The summed E-state index contributed by atoms with van der Waals surface area (Å²) in [4.78, 5) is 18.8. The van der Waals surface area contributed by atoms with Gasteiger partial charge in [0.1, 0.15) is 5.52 Å². The molecule has 176 valence electrons. The van der Waals surface area contributed by atoms with Crippen molar-refractivity contribution >= 4 is 50.1 Å². The van der Waals surface area contributed by atoms with Crippen LogP contribution < -0.4 is 10.6 Å². The van der Waals surface area contributed by atoms with Gasteiger partial charge in [-0.1, -0.05) is 36.9 Å². The predicted octanol–water partition coefficient (Wildman–Crippen LogP) is 3.72. The number of anilines is 3. The molecule has 9 nitrogen and oxygen atoms in total. The Labute approximate surface area is 198 Å². The first-order chi connectivity index (χ1) is 15.9. The van der Waals surface area contributed by atoms with Crippen molar-refractivity contribution in [1.29, 1.82) is 0 Å². The molecule has 3 heterocycles. The third kappa shape index (κ3) is 5.39. The summed E-state index contributed by atoms with van der Waals surface area (Å²) in [7, 11) is -2.89. The molecular weight excluding hydrogens is 462 g/mol. The van der Waals surface area contributed by atoms with Crippen LogP contribution in [0.3, 0.4) is 0 Å². The lowest BCUT2D eigenvalue weighted by Gasteiger charge is -2.26. The molecular formula is C22H28ClN7O2S. The van der Waals surface area contributed by atoms with E-state index in [1.807, 2.05) is 18.2 Å². The van der Waals surface area contributed by atoms with Gasteiger partial charge in [0.2, 0.25) is 5.95 Å². The fourth-order valence-corrected chi connectivity index (χ4v) is 6.01. The first kappa shape index (κ1) is 22.4. The van der Waals surface area contributed by atoms with Gasteiger partial charge in [0.05, 0.1) is 28.5 Å². The van der Waals surface area contributed by atoms with Gasteiger partial charge in [0, 0.05) is 25.7 Å². The second-order valence-electron chi connectivity index (χ2n) is 8.84. The topological polar surface area (TPSA) is 116 Å². The van der Waals surface area contributed by atoms with E-state index in [-0.39, 0.29) is 11.5 Å². The molecule has 1 saturated heterocycles. The van der Waals surface area contributed by atoms with Crippen molar-refractivity contribution in [2.75, 3.05) is 35.2 Å². The maximum atomic E-state index is 11.6. The molecule has 1 saturated carbocycles. The summed E-state index contributed by atoms with van der Waals surface area (Å²) in [5.41, 5.74) is 3.15. The van der Waals surface area contributed by atoms with Crippen molar-refractivity contribution in [2.45, 2.75) is 44.7 Å². The highest BCUT2D eigenvalue weighted by atomic mass is 35.5. The van der Waals surface area contributed by atoms with E-state index in [1.54, 1.807) is 6.33 Å². The van der Waals surface area contributed by atoms with Crippen molar-refractivity contribution in [3.63, 3.8) is 0 Å². The highest BCUT2D eigenvalue weighted by Crippen LogP contribution is 2.29. The van der Waals surface area contributed by atoms with Crippen LogP contribution in [-0.4, -0.2) is 63.9 Å². The van der Waals surface area contributed by atoms with E-state index < -0.39 is 9.84 Å². The molecule has 0 spiro atoms. The molecule has 0 radical (unpaired) electrons. The molecule has 11 heteroatoms. The molecule has 1 aromatic carbocycles. The standard InChI is InChI=1S/C22H28ClN7O2S/c23-17-12-15(13-30-8-10-33(31,32)11-9-30)6-7-18(17)27-22-28-20-19(24-14-25-20)21(29-22)26-16-4-2-1-3-5-16/h6-7,12,14,16H,1-5,8-11,13H2,(H3,24,25,26,27,28,29). The number of halogens is 1. The Balaban J connectivity index is 1.31. The normalized spacial score (nSPS) is 19.5. The quantitative estimate of drug-likeness (QED) is 0.479. The summed E-state index contributed by atoms with van der Waals surface area (Å²) in [6.45, 7) is 1.77. The summed E-state index contributed by atoms with van der Waals surface area (Å²) in [6.07, 6.45) is 7.64. The van der Waals surface area contributed by atoms with Crippen molar-refractivity contribution in [2.24, 2.45) is 0 Å². The minimum absolute atomic E-state index is 0.213. The Kier molecular flexibility index (Phi) is 6.40. The van der Waals surface area contributed by atoms with Gasteiger partial charge in [-0.25, -0.2) is 13.4 Å². The molecule has 0 atom stereocenters. The highest BCUT2D eigenvalue weighted by Gasteiger charge is 2.22. The van der Waals surface area contributed by atoms with Gasteiger partial charge in [-0.05, 0) is 30.5 Å². The van der Waals surface area contributed by atoms with Crippen LogP contribution in [0.1, 0.15) is 37.7 Å². The van der Waals surface area contributed by atoms with Crippen molar-refractivity contribution in [3.05, 3.63) is 35.1 Å². The minimum Gasteiger partial charge on any atom is -0.365 e.